The summed E-state index contributed by atoms with van der Waals surface area (Å²) < 4.78 is 5.15. The minimum atomic E-state index is 0.178. The predicted octanol–water partition coefficient (Wildman–Crippen LogP) is 3.44. The molecule has 2 aromatic carbocycles. The highest BCUT2D eigenvalue weighted by Gasteiger charge is 2.04. The number of ketones is 1. The summed E-state index contributed by atoms with van der Waals surface area (Å²) in [4.78, 5) is 11.6. The summed E-state index contributed by atoms with van der Waals surface area (Å²) in [5, 5.41) is 2.16. The standard InChI is InChI=1S/C14H14O2/c1-3-14(15)12-5-4-11-9-13(16-2)7-6-10(11)8-12/h4-9H,3H2,1-2H3. The van der Waals surface area contributed by atoms with Gasteiger partial charge < -0.3 is 4.74 Å². The first-order valence-electron chi connectivity index (χ1n) is 5.35. The molecule has 0 saturated carbocycles. The fraction of sp³-hybridized carbons (Fsp3) is 0.214. The van der Waals surface area contributed by atoms with Gasteiger partial charge in [-0.1, -0.05) is 25.1 Å². The van der Waals surface area contributed by atoms with Crippen molar-refractivity contribution in [2.45, 2.75) is 13.3 Å². The Morgan fingerprint density at radius 2 is 1.81 bits per heavy atom. The molecule has 2 rings (SSSR count). The normalized spacial score (nSPS) is 10.4. The fourth-order valence-electron chi connectivity index (χ4n) is 1.73. The van der Waals surface area contributed by atoms with Crippen LogP contribution < -0.4 is 4.74 Å². The Balaban J connectivity index is 2.51. The Bertz CT molecular complexity index is 529. The zero-order valence-corrected chi connectivity index (χ0v) is 9.49. The summed E-state index contributed by atoms with van der Waals surface area (Å²) in [5.74, 6) is 1.01. The van der Waals surface area contributed by atoms with E-state index in [9.17, 15) is 4.79 Å². The molecule has 0 bridgehead atoms. The number of carbonyl (C=O) groups is 1. The van der Waals surface area contributed by atoms with Crippen molar-refractivity contribution >= 4 is 16.6 Å². The quantitative estimate of drug-likeness (QED) is 0.731. The number of fused-ring (bicyclic) bond motifs is 1. The molecule has 0 heterocycles. The van der Waals surface area contributed by atoms with Crippen LogP contribution in [-0.2, 0) is 0 Å². The Kier molecular flexibility index (Phi) is 2.91. The van der Waals surface area contributed by atoms with E-state index in [-0.39, 0.29) is 5.78 Å². The molecule has 0 fully saturated rings. The van der Waals surface area contributed by atoms with Crippen LogP contribution in [0.15, 0.2) is 36.4 Å². The molecule has 0 spiro atoms. The fourth-order valence-corrected chi connectivity index (χ4v) is 1.73. The van der Waals surface area contributed by atoms with E-state index < -0.39 is 0 Å². The van der Waals surface area contributed by atoms with Crippen molar-refractivity contribution in [3.63, 3.8) is 0 Å². The third kappa shape index (κ3) is 1.91. The van der Waals surface area contributed by atoms with Crippen LogP contribution in [0.4, 0.5) is 0 Å². The van der Waals surface area contributed by atoms with Gasteiger partial charge in [-0.2, -0.15) is 0 Å². The summed E-state index contributed by atoms with van der Waals surface area (Å²) in [6.45, 7) is 1.88. The molecule has 2 heteroatoms. The average Bonchev–Trinajstić information content (AvgIpc) is 2.36. The van der Waals surface area contributed by atoms with Crippen LogP contribution in [0.2, 0.25) is 0 Å². The van der Waals surface area contributed by atoms with Crippen molar-refractivity contribution in [1.82, 2.24) is 0 Å². The van der Waals surface area contributed by atoms with E-state index in [0.717, 1.165) is 22.1 Å². The maximum atomic E-state index is 11.6. The SMILES string of the molecule is CCC(=O)c1ccc2cc(OC)ccc2c1. The van der Waals surface area contributed by atoms with E-state index >= 15 is 0 Å². The summed E-state index contributed by atoms with van der Waals surface area (Å²) in [6.07, 6.45) is 0.543. The van der Waals surface area contributed by atoms with E-state index in [1.54, 1.807) is 7.11 Å². The van der Waals surface area contributed by atoms with Crippen LogP contribution in [0.25, 0.3) is 10.8 Å². The lowest BCUT2D eigenvalue weighted by atomic mass is 10.0. The Labute approximate surface area is 94.8 Å². The molecule has 2 aromatic rings. The van der Waals surface area contributed by atoms with Gasteiger partial charge in [0.15, 0.2) is 5.78 Å². The molecule has 2 nitrogen and oxygen atoms in total. The number of Topliss-reactive ketones (excluding diaryl/α,β-unsaturated/α-hetero) is 1. The van der Waals surface area contributed by atoms with Crippen LogP contribution in [0.3, 0.4) is 0 Å². The number of methoxy groups -OCH3 is 1. The third-order valence-corrected chi connectivity index (χ3v) is 2.69. The highest BCUT2D eigenvalue weighted by Crippen LogP contribution is 2.22. The van der Waals surface area contributed by atoms with Gasteiger partial charge in [-0.3, -0.25) is 4.79 Å². The van der Waals surface area contributed by atoms with Crippen LogP contribution in [0.1, 0.15) is 23.7 Å². The molecule has 0 aliphatic heterocycles. The molecule has 16 heavy (non-hydrogen) atoms. The number of hydrogen-bond acceptors (Lipinski definition) is 2. The summed E-state index contributed by atoms with van der Waals surface area (Å²) in [6, 6.07) is 11.6. The summed E-state index contributed by atoms with van der Waals surface area (Å²) in [7, 11) is 1.65. The van der Waals surface area contributed by atoms with Gasteiger partial charge in [-0.05, 0) is 29.0 Å². The molecule has 82 valence electrons. The molecule has 0 aliphatic rings. The van der Waals surface area contributed by atoms with E-state index in [1.807, 2.05) is 43.3 Å². The van der Waals surface area contributed by atoms with Gasteiger partial charge in [-0.15, -0.1) is 0 Å². The molecular formula is C14H14O2. The lowest BCUT2D eigenvalue weighted by Gasteiger charge is -2.04. The van der Waals surface area contributed by atoms with E-state index in [2.05, 4.69) is 0 Å². The topological polar surface area (TPSA) is 26.3 Å². The number of benzene rings is 2. The molecule has 0 radical (unpaired) electrons. The van der Waals surface area contributed by atoms with Crippen LogP contribution >= 0.6 is 0 Å². The second-order valence-corrected chi connectivity index (χ2v) is 3.70. The van der Waals surface area contributed by atoms with Crippen LogP contribution in [0, 0.1) is 0 Å². The minimum Gasteiger partial charge on any atom is -0.497 e. The van der Waals surface area contributed by atoms with Gasteiger partial charge in [0.2, 0.25) is 0 Å². The third-order valence-electron chi connectivity index (χ3n) is 2.69. The Morgan fingerprint density at radius 3 is 2.50 bits per heavy atom. The van der Waals surface area contributed by atoms with E-state index in [1.165, 1.54) is 0 Å². The van der Waals surface area contributed by atoms with Gasteiger partial charge >= 0.3 is 0 Å². The largest absolute Gasteiger partial charge is 0.497 e. The summed E-state index contributed by atoms with van der Waals surface area (Å²) in [5.41, 5.74) is 0.778. The maximum Gasteiger partial charge on any atom is 0.162 e. The highest BCUT2D eigenvalue weighted by atomic mass is 16.5. The van der Waals surface area contributed by atoms with Crippen molar-refractivity contribution in [3.8, 4) is 5.75 Å². The molecule has 0 aliphatic carbocycles. The first-order chi connectivity index (χ1) is 7.74. The zero-order chi connectivity index (χ0) is 11.5. The molecule has 0 saturated heterocycles. The molecule has 0 unspecified atom stereocenters. The first kappa shape index (κ1) is 10.7. The highest BCUT2D eigenvalue weighted by molar-refractivity contribution is 5.99. The van der Waals surface area contributed by atoms with Crippen molar-refractivity contribution in [2.24, 2.45) is 0 Å². The lowest BCUT2D eigenvalue weighted by molar-refractivity contribution is 0.0988. The average molecular weight is 214 g/mol. The van der Waals surface area contributed by atoms with Crippen LogP contribution in [-0.4, -0.2) is 12.9 Å². The lowest BCUT2D eigenvalue weighted by Crippen LogP contribution is -1.95. The number of ether oxygens (including phenoxy) is 1. The summed E-state index contributed by atoms with van der Waals surface area (Å²) >= 11 is 0. The maximum absolute atomic E-state index is 11.6. The van der Waals surface area contributed by atoms with Gasteiger partial charge in [0.1, 0.15) is 5.75 Å². The molecule has 0 atom stereocenters. The Morgan fingerprint density at radius 1 is 1.12 bits per heavy atom. The number of hydrogen-bond donors (Lipinski definition) is 0. The van der Waals surface area contributed by atoms with Crippen molar-refractivity contribution in [1.29, 1.82) is 0 Å². The monoisotopic (exact) mass is 214 g/mol. The van der Waals surface area contributed by atoms with Crippen LogP contribution in [0.5, 0.6) is 5.75 Å². The molecule has 0 N–H and O–H groups in total. The minimum absolute atomic E-state index is 0.178. The van der Waals surface area contributed by atoms with Gasteiger partial charge in [0, 0.05) is 12.0 Å². The second-order valence-electron chi connectivity index (χ2n) is 3.70. The molecule has 0 amide bonds. The van der Waals surface area contributed by atoms with Crippen molar-refractivity contribution in [2.75, 3.05) is 7.11 Å². The number of rotatable bonds is 3. The van der Waals surface area contributed by atoms with E-state index in [0.29, 0.717) is 6.42 Å². The Hall–Kier alpha value is -1.83. The van der Waals surface area contributed by atoms with Crippen molar-refractivity contribution < 1.29 is 9.53 Å². The number of carbonyl (C=O) groups excluding carboxylic acids is 1. The first-order valence-corrected chi connectivity index (χ1v) is 5.35. The predicted molar refractivity (Wildman–Crippen MR) is 65.1 cm³/mol. The van der Waals surface area contributed by atoms with Gasteiger partial charge in [0.05, 0.1) is 7.11 Å². The van der Waals surface area contributed by atoms with Gasteiger partial charge in [-0.25, -0.2) is 0 Å². The smallest absolute Gasteiger partial charge is 0.162 e. The van der Waals surface area contributed by atoms with Crippen molar-refractivity contribution in [3.05, 3.63) is 42.0 Å². The molecular weight excluding hydrogens is 200 g/mol. The zero-order valence-electron chi connectivity index (χ0n) is 9.49. The molecule has 0 aromatic heterocycles. The van der Waals surface area contributed by atoms with Gasteiger partial charge in [0.25, 0.3) is 0 Å². The van der Waals surface area contributed by atoms with E-state index in [4.69, 9.17) is 4.74 Å². The second kappa shape index (κ2) is 4.35.